The lowest BCUT2D eigenvalue weighted by Crippen LogP contribution is -2.20. The van der Waals surface area contributed by atoms with E-state index in [-0.39, 0.29) is 9.85 Å². The minimum absolute atomic E-state index is 0.309. The van der Waals surface area contributed by atoms with Gasteiger partial charge in [0.15, 0.2) is 0 Å². The number of nitrogens with zero attached hydrogens (tertiary/aromatic N) is 2. The van der Waals surface area contributed by atoms with Gasteiger partial charge in [0.1, 0.15) is 0 Å². The average Bonchev–Trinajstić information content (AvgIpc) is 2.11. The molecule has 0 amide bonds. The Kier molecular flexibility index (Phi) is 5.74. The van der Waals surface area contributed by atoms with Crippen LogP contribution in [0.25, 0.3) is 0 Å². The summed E-state index contributed by atoms with van der Waals surface area (Å²) in [5, 5.41) is 20.7. The van der Waals surface area contributed by atoms with E-state index in [9.17, 15) is 20.2 Å². The molecule has 0 fully saturated rings. The van der Waals surface area contributed by atoms with E-state index in [0.29, 0.717) is 25.7 Å². The Morgan fingerprint density at radius 3 is 2.07 bits per heavy atom. The van der Waals surface area contributed by atoms with E-state index in [1.165, 1.54) is 6.92 Å². The molecular weight excluding hydrogens is 188 g/mol. The van der Waals surface area contributed by atoms with E-state index in [0.717, 1.165) is 0 Å². The van der Waals surface area contributed by atoms with Gasteiger partial charge in [-0.3, -0.25) is 20.2 Å². The summed E-state index contributed by atoms with van der Waals surface area (Å²) < 4.78 is 0. The second kappa shape index (κ2) is 6.28. The molecule has 0 aliphatic rings. The fourth-order valence-electron chi connectivity index (χ4n) is 1.21. The summed E-state index contributed by atoms with van der Waals surface area (Å²) in [6, 6.07) is -1.15. The normalized spacial score (nSPS) is 14.7. The molecule has 0 aromatic carbocycles. The highest BCUT2D eigenvalue weighted by molar-refractivity contribution is 4.57. The summed E-state index contributed by atoms with van der Waals surface area (Å²) in [7, 11) is 0. The lowest BCUT2D eigenvalue weighted by molar-refractivity contribution is -0.527. The van der Waals surface area contributed by atoms with Crippen molar-refractivity contribution in [3.8, 4) is 0 Å². The van der Waals surface area contributed by atoms with Crippen LogP contribution in [0.15, 0.2) is 0 Å². The smallest absolute Gasteiger partial charge is 0.212 e. The molecule has 2 unspecified atom stereocenters. The molecule has 6 heteroatoms. The molecule has 0 aromatic heterocycles. The Morgan fingerprint density at radius 2 is 1.71 bits per heavy atom. The highest BCUT2D eigenvalue weighted by atomic mass is 16.6. The Hall–Kier alpha value is -1.20. The topological polar surface area (TPSA) is 86.3 Å². The van der Waals surface area contributed by atoms with Crippen molar-refractivity contribution in [3.63, 3.8) is 0 Å². The summed E-state index contributed by atoms with van der Waals surface area (Å²) in [5.41, 5.74) is 0. The molecular formula is C8H16N2O4. The van der Waals surface area contributed by atoms with Gasteiger partial charge in [-0.2, -0.15) is 0 Å². The van der Waals surface area contributed by atoms with E-state index < -0.39 is 12.1 Å². The second-order valence-corrected chi connectivity index (χ2v) is 3.41. The third-order valence-corrected chi connectivity index (χ3v) is 2.29. The van der Waals surface area contributed by atoms with E-state index in [4.69, 9.17) is 0 Å². The van der Waals surface area contributed by atoms with Crippen molar-refractivity contribution in [3.05, 3.63) is 20.2 Å². The number of hydrogen-bond acceptors (Lipinski definition) is 4. The van der Waals surface area contributed by atoms with Crippen molar-refractivity contribution in [2.45, 2.75) is 51.6 Å². The molecule has 82 valence electrons. The van der Waals surface area contributed by atoms with Crippen LogP contribution >= 0.6 is 0 Å². The van der Waals surface area contributed by atoms with Gasteiger partial charge >= 0.3 is 0 Å². The van der Waals surface area contributed by atoms with Gasteiger partial charge in [0, 0.05) is 36.0 Å². The van der Waals surface area contributed by atoms with Crippen LogP contribution in [-0.2, 0) is 0 Å². The summed E-state index contributed by atoms with van der Waals surface area (Å²) >= 11 is 0. The van der Waals surface area contributed by atoms with Gasteiger partial charge in [-0.05, 0) is 6.42 Å². The third kappa shape index (κ3) is 4.74. The molecule has 0 heterocycles. The first kappa shape index (κ1) is 12.8. The van der Waals surface area contributed by atoms with Gasteiger partial charge in [0.2, 0.25) is 12.1 Å². The van der Waals surface area contributed by atoms with Crippen molar-refractivity contribution in [1.82, 2.24) is 0 Å². The van der Waals surface area contributed by atoms with Crippen LogP contribution < -0.4 is 0 Å². The van der Waals surface area contributed by atoms with Gasteiger partial charge in [0.05, 0.1) is 0 Å². The van der Waals surface area contributed by atoms with Crippen LogP contribution in [0.2, 0.25) is 0 Å². The number of rotatable bonds is 7. The van der Waals surface area contributed by atoms with Gasteiger partial charge < -0.3 is 0 Å². The Bertz CT molecular complexity index is 208. The second-order valence-electron chi connectivity index (χ2n) is 3.41. The predicted octanol–water partition coefficient (Wildman–Crippen LogP) is 1.88. The third-order valence-electron chi connectivity index (χ3n) is 2.29. The molecule has 2 atom stereocenters. The summed E-state index contributed by atoms with van der Waals surface area (Å²) in [6.45, 7) is 3.28. The zero-order chi connectivity index (χ0) is 11.1. The van der Waals surface area contributed by atoms with Crippen LogP contribution in [0.4, 0.5) is 0 Å². The zero-order valence-electron chi connectivity index (χ0n) is 8.51. The zero-order valence-corrected chi connectivity index (χ0v) is 8.51. The minimum Gasteiger partial charge on any atom is -0.264 e. The van der Waals surface area contributed by atoms with Gasteiger partial charge in [-0.1, -0.05) is 6.92 Å². The monoisotopic (exact) mass is 204 g/mol. The summed E-state index contributed by atoms with van der Waals surface area (Å²) in [5.74, 6) is 0. The molecule has 0 rings (SSSR count). The van der Waals surface area contributed by atoms with E-state index >= 15 is 0 Å². The Morgan fingerprint density at radius 1 is 1.14 bits per heavy atom. The molecule has 14 heavy (non-hydrogen) atoms. The van der Waals surface area contributed by atoms with E-state index in [2.05, 4.69) is 0 Å². The quantitative estimate of drug-likeness (QED) is 0.468. The number of nitro groups is 2. The minimum atomic E-state index is -0.598. The summed E-state index contributed by atoms with van der Waals surface area (Å²) in [4.78, 5) is 20.0. The SMILES string of the molecule is CCC(CCCC(C)[N+](=O)[O-])[N+](=O)[O-]. The molecule has 6 nitrogen and oxygen atoms in total. The molecule has 0 saturated heterocycles. The average molecular weight is 204 g/mol. The Labute approximate surface area is 82.6 Å². The van der Waals surface area contributed by atoms with Crippen LogP contribution in [0.5, 0.6) is 0 Å². The molecule has 0 N–H and O–H groups in total. The van der Waals surface area contributed by atoms with Gasteiger partial charge in [0.25, 0.3) is 0 Å². The Balaban J connectivity index is 3.71. The molecule has 0 aliphatic carbocycles. The molecule has 0 aromatic rings. The van der Waals surface area contributed by atoms with Crippen molar-refractivity contribution in [1.29, 1.82) is 0 Å². The highest BCUT2D eigenvalue weighted by Crippen LogP contribution is 2.10. The maximum Gasteiger partial charge on any atom is 0.212 e. The predicted molar refractivity (Wildman–Crippen MR) is 51.4 cm³/mol. The lowest BCUT2D eigenvalue weighted by atomic mass is 10.1. The van der Waals surface area contributed by atoms with E-state index in [1.807, 2.05) is 0 Å². The maximum absolute atomic E-state index is 10.4. The first-order chi connectivity index (χ1) is 6.49. The molecule has 0 saturated carbocycles. The van der Waals surface area contributed by atoms with Gasteiger partial charge in [-0.15, -0.1) is 0 Å². The van der Waals surface area contributed by atoms with Crippen molar-refractivity contribution in [2.75, 3.05) is 0 Å². The largest absolute Gasteiger partial charge is 0.264 e. The van der Waals surface area contributed by atoms with Crippen LogP contribution in [-0.4, -0.2) is 21.9 Å². The molecule has 0 spiro atoms. The van der Waals surface area contributed by atoms with Crippen molar-refractivity contribution < 1.29 is 9.85 Å². The molecule has 0 aliphatic heterocycles. The molecule has 0 radical (unpaired) electrons. The number of hydrogen-bond donors (Lipinski definition) is 0. The lowest BCUT2D eigenvalue weighted by Gasteiger charge is -2.07. The fraction of sp³-hybridized carbons (Fsp3) is 1.00. The standard InChI is InChI=1S/C8H16N2O4/c1-3-8(10(13)14)6-4-5-7(2)9(11)12/h7-8H,3-6H2,1-2H3. The van der Waals surface area contributed by atoms with Crippen LogP contribution in [0.1, 0.15) is 39.5 Å². The highest BCUT2D eigenvalue weighted by Gasteiger charge is 2.19. The summed E-state index contributed by atoms with van der Waals surface area (Å²) in [6.07, 6.45) is 1.88. The van der Waals surface area contributed by atoms with Crippen molar-refractivity contribution in [2.24, 2.45) is 0 Å². The van der Waals surface area contributed by atoms with Crippen LogP contribution in [0.3, 0.4) is 0 Å². The van der Waals surface area contributed by atoms with Crippen molar-refractivity contribution >= 4 is 0 Å². The first-order valence-electron chi connectivity index (χ1n) is 4.76. The fourth-order valence-corrected chi connectivity index (χ4v) is 1.21. The van der Waals surface area contributed by atoms with Gasteiger partial charge in [-0.25, -0.2) is 0 Å². The first-order valence-corrected chi connectivity index (χ1v) is 4.76. The maximum atomic E-state index is 10.4. The van der Waals surface area contributed by atoms with Crippen LogP contribution in [0, 0.1) is 20.2 Å². The van der Waals surface area contributed by atoms with E-state index in [1.54, 1.807) is 6.92 Å². The molecule has 0 bridgehead atoms.